The van der Waals surface area contributed by atoms with E-state index in [9.17, 15) is 4.79 Å². The predicted molar refractivity (Wildman–Crippen MR) is 38.7 cm³/mol. The van der Waals surface area contributed by atoms with Gasteiger partial charge in [-0.3, -0.25) is 4.79 Å². The smallest absolute Gasteiger partial charge is 0.285 e. The number of nitriles is 2. The molecule has 0 radical (unpaired) electrons. The van der Waals surface area contributed by atoms with Gasteiger partial charge in [0, 0.05) is 0 Å². The molecule has 62 valence electrons. The molecule has 0 saturated carbocycles. The fraction of sp³-hybridized carbons (Fsp3) is 0.333. The summed E-state index contributed by atoms with van der Waals surface area (Å²) in [5.41, 5.74) is -0.409. The van der Waals surface area contributed by atoms with Gasteiger partial charge in [-0.2, -0.15) is 10.5 Å². The number of amides is 1. The van der Waals surface area contributed by atoms with Gasteiger partial charge in [0.15, 0.2) is 0 Å². The monoisotopic (exact) mass is 166 g/mol. The molecule has 0 rings (SSSR count). The summed E-state index contributed by atoms with van der Waals surface area (Å²) < 4.78 is 0. The molecule has 0 aliphatic carbocycles. The van der Waals surface area contributed by atoms with Gasteiger partial charge in [-0.25, -0.2) is 0 Å². The first-order valence-electron chi connectivity index (χ1n) is 2.92. The van der Waals surface area contributed by atoms with Crippen LogP contribution in [-0.2, 0) is 9.63 Å². The largest absolute Gasteiger partial charge is 0.398 e. The zero-order valence-corrected chi connectivity index (χ0v) is 6.37. The minimum Gasteiger partial charge on any atom is -0.398 e. The van der Waals surface area contributed by atoms with E-state index < -0.39 is 11.6 Å². The number of carbonyl (C=O) groups excluding carboxylic acids is 1. The van der Waals surface area contributed by atoms with Crippen LogP contribution >= 0.6 is 0 Å². The summed E-state index contributed by atoms with van der Waals surface area (Å²) in [6.45, 7) is -0.163. The van der Waals surface area contributed by atoms with Gasteiger partial charge in [0.2, 0.25) is 5.71 Å². The molecule has 0 spiro atoms. The first-order valence-corrected chi connectivity index (χ1v) is 2.92. The summed E-state index contributed by atoms with van der Waals surface area (Å²) in [6.07, 6.45) is 0. The predicted octanol–water partition coefficient (Wildman–Crippen LogP) is -0.848. The van der Waals surface area contributed by atoms with Crippen LogP contribution in [0.1, 0.15) is 0 Å². The van der Waals surface area contributed by atoms with E-state index in [-0.39, 0.29) is 6.54 Å². The van der Waals surface area contributed by atoms with Crippen LogP contribution in [0.25, 0.3) is 0 Å². The second-order valence-electron chi connectivity index (χ2n) is 1.58. The Hall–Kier alpha value is -2.08. The number of hydrogen-bond acceptors (Lipinski definition) is 5. The Morgan fingerprint density at radius 3 is 2.75 bits per heavy atom. The van der Waals surface area contributed by atoms with E-state index in [4.69, 9.17) is 10.5 Å². The molecule has 6 heteroatoms. The van der Waals surface area contributed by atoms with Crippen molar-refractivity contribution in [3.05, 3.63) is 0 Å². The van der Waals surface area contributed by atoms with Crippen molar-refractivity contribution in [3.63, 3.8) is 0 Å². The molecule has 1 amide bonds. The lowest BCUT2D eigenvalue weighted by Gasteiger charge is -1.95. The Labute approximate surface area is 69.0 Å². The Bertz CT molecular complexity index is 270. The van der Waals surface area contributed by atoms with Gasteiger partial charge in [-0.1, -0.05) is 5.16 Å². The maximum absolute atomic E-state index is 10.8. The summed E-state index contributed by atoms with van der Waals surface area (Å²) in [6, 6.07) is 3.20. The molecule has 0 aromatic heterocycles. The Kier molecular flexibility index (Phi) is 4.70. The maximum Gasteiger partial charge on any atom is 0.285 e. The van der Waals surface area contributed by atoms with Crippen LogP contribution in [-0.4, -0.2) is 25.3 Å². The topological polar surface area (TPSA) is 98.3 Å². The van der Waals surface area contributed by atoms with Gasteiger partial charge in [-0.15, -0.1) is 0 Å². The Morgan fingerprint density at radius 1 is 1.67 bits per heavy atom. The van der Waals surface area contributed by atoms with E-state index in [0.717, 1.165) is 0 Å². The summed E-state index contributed by atoms with van der Waals surface area (Å²) in [7, 11) is 1.22. The molecule has 0 atom stereocenters. The van der Waals surface area contributed by atoms with E-state index in [0.29, 0.717) is 0 Å². The molecule has 0 heterocycles. The normalized spacial score (nSPS) is 9.42. The molecule has 0 aromatic carbocycles. The average molecular weight is 166 g/mol. The summed E-state index contributed by atoms with van der Waals surface area (Å²) in [4.78, 5) is 15.0. The number of nitrogens with one attached hydrogen (secondary N) is 1. The van der Waals surface area contributed by atoms with E-state index in [1.807, 2.05) is 0 Å². The van der Waals surface area contributed by atoms with Crippen molar-refractivity contribution >= 4 is 11.6 Å². The highest BCUT2D eigenvalue weighted by atomic mass is 16.6. The van der Waals surface area contributed by atoms with E-state index in [1.165, 1.54) is 13.2 Å². The van der Waals surface area contributed by atoms with Gasteiger partial charge >= 0.3 is 0 Å². The van der Waals surface area contributed by atoms with Crippen molar-refractivity contribution in [3.8, 4) is 12.1 Å². The van der Waals surface area contributed by atoms with Crippen molar-refractivity contribution in [2.75, 3.05) is 13.7 Å². The first kappa shape index (κ1) is 9.92. The van der Waals surface area contributed by atoms with Gasteiger partial charge in [0.1, 0.15) is 19.7 Å². The van der Waals surface area contributed by atoms with E-state index >= 15 is 0 Å². The molecule has 0 fully saturated rings. The molecule has 0 bridgehead atoms. The van der Waals surface area contributed by atoms with Crippen LogP contribution in [0.5, 0.6) is 0 Å². The van der Waals surface area contributed by atoms with Crippen molar-refractivity contribution in [1.82, 2.24) is 5.32 Å². The summed E-state index contributed by atoms with van der Waals surface area (Å²) >= 11 is 0. The minimum atomic E-state index is -0.721. The van der Waals surface area contributed by atoms with Crippen LogP contribution in [0.15, 0.2) is 5.16 Å². The van der Waals surface area contributed by atoms with Gasteiger partial charge in [0.25, 0.3) is 5.91 Å². The van der Waals surface area contributed by atoms with Crippen LogP contribution in [0.2, 0.25) is 0 Å². The molecule has 0 aliphatic rings. The number of nitrogens with zero attached hydrogens (tertiary/aromatic N) is 3. The standard InChI is InChI=1S/C6H6N4O2/c1-12-10-5(4-8)6(11)9-3-2-7/h3H2,1H3,(H,9,11)/b10-5-. The molecule has 1 N–H and O–H groups in total. The fourth-order valence-electron chi connectivity index (χ4n) is 0.407. The third-order valence-corrected chi connectivity index (χ3v) is 0.832. The molecule has 0 saturated heterocycles. The van der Waals surface area contributed by atoms with Gasteiger partial charge in [0.05, 0.1) is 6.07 Å². The molecular formula is C6H6N4O2. The van der Waals surface area contributed by atoms with Crippen LogP contribution in [0.3, 0.4) is 0 Å². The van der Waals surface area contributed by atoms with Gasteiger partial charge < -0.3 is 10.2 Å². The molecule has 0 aromatic rings. The van der Waals surface area contributed by atoms with Gasteiger partial charge in [-0.05, 0) is 0 Å². The number of rotatable bonds is 3. The lowest BCUT2D eigenvalue weighted by atomic mass is 10.4. The quantitative estimate of drug-likeness (QED) is 0.335. The van der Waals surface area contributed by atoms with Crippen LogP contribution in [0.4, 0.5) is 0 Å². The lowest BCUT2D eigenvalue weighted by molar-refractivity contribution is -0.114. The molecule has 0 unspecified atom stereocenters. The molecular weight excluding hydrogens is 160 g/mol. The lowest BCUT2D eigenvalue weighted by Crippen LogP contribution is -2.30. The third kappa shape index (κ3) is 3.18. The second kappa shape index (κ2) is 5.69. The molecule has 0 aliphatic heterocycles. The second-order valence-corrected chi connectivity index (χ2v) is 1.58. The highest BCUT2D eigenvalue weighted by molar-refractivity contribution is 6.45. The highest BCUT2D eigenvalue weighted by Gasteiger charge is 2.09. The number of oxime groups is 1. The van der Waals surface area contributed by atoms with Crippen molar-refractivity contribution in [2.45, 2.75) is 0 Å². The first-order chi connectivity index (χ1) is 5.76. The van der Waals surface area contributed by atoms with Crippen LogP contribution < -0.4 is 5.32 Å². The van der Waals surface area contributed by atoms with Crippen LogP contribution in [0, 0.1) is 22.7 Å². The van der Waals surface area contributed by atoms with Crippen molar-refractivity contribution < 1.29 is 9.63 Å². The maximum atomic E-state index is 10.8. The van der Waals surface area contributed by atoms with E-state index in [1.54, 1.807) is 6.07 Å². The summed E-state index contributed by atoms with van der Waals surface area (Å²) in [5.74, 6) is -0.721. The Balaban J connectivity index is 4.18. The SMILES string of the molecule is CO/N=C(/C#N)C(=O)NCC#N. The molecule has 12 heavy (non-hydrogen) atoms. The highest BCUT2D eigenvalue weighted by Crippen LogP contribution is 1.78. The average Bonchev–Trinajstić information content (AvgIpc) is 2.10. The third-order valence-electron chi connectivity index (χ3n) is 0.832. The number of hydrogen-bond donors (Lipinski definition) is 1. The minimum absolute atomic E-state index is 0.163. The number of carbonyl (C=O) groups is 1. The zero-order chi connectivity index (χ0) is 9.40. The zero-order valence-electron chi connectivity index (χ0n) is 6.37. The fourth-order valence-corrected chi connectivity index (χ4v) is 0.407. The van der Waals surface area contributed by atoms with E-state index in [2.05, 4.69) is 15.3 Å². The summed E-state index contributed by atoms with van der Waals surface area (Å²) in [5, 5.41) is 21.7. The molecule has 6 nitrogen and oxygen atoms in total. The van der Waals surface area contributed by atoms with Crippen molar-refractivity contribution in [2.24, 2.45) is 5.16 Å². The Morgan fingerprint density at radius 2 is 2.33 bits per heavy atom. The van der Waals surface area contributed by atoms with Crippen molar-refractivity contribution in [1.29, 1.82) is 10.5 Å².